The van der Waals surface area contributed by atoms with E-state index in [1.165, 1.54) is 18.2 Å². The number of fused-ring (bicyclic) bond motifs is 3. The van der Waals surface area contributed by atoms with Crippen molar-refractivity contribution in [2.24, 2.45) is 11.3 Å². The predicted molar refractivity (Wildman–Crippen MR) is 87.5 cm³/mol. The Morgan fingerprint density at radius 1 is 1.23 bits per heavy atom. The maximum Gasteiger partial charge on any atom is 0.316 e. The fourth-order valence-corrected chi connectivity index (χ4v) is 3.82. The molecule has 0 heterocycles. The van der Waals surface area contributed by atoms with Crippen molar-refractivity contribution in [2.75, 3.05) is 14.2 Å². The summed E-state index contributed by atoms with van der Waals surface area (Å²) in [5.74, 6) is 0.910. The lowest BCUT2D eigenvalue weighted by Crippen LogP contribution is -2.36. The molecule has 2 aliphatic rings. The van der Waals surface area contributed by atoms with E-state index in [0.29, 0.717) is 6.42 Å². The van der Waals surface area contributed by atoms with Crippen LogP contribution in [-0.4, -0.2) is 20.2 Å². The largest absolute Gasteiger partial charge is 0.497 e. The number of carbonyl (C=O) groups is 1. The van der Waals surface area contributed by atoms with Crippen molar-refractivity contribution >= 4 is 17.1 Å². The van der Waals surface area contributed by atoms with Gasteiger partial charge in [0.15, 0.2) is 0 Å². The molecule has 0 bridgehead atoms. The quantitative estimate of drug-likeness (QED) is 0.772. The Kier molecular flexibility index (Phi) is 3.59. The lowest BCUT2D eigenvalue weighted by Gasteiger charge is -2.33. The normalized spacial score (nSPS) is 26.3. The van der Waals surface area contributed by atoms with E-state index >= 15 is 0 Å². The molecule has 0 amide bonds. The molecule has 0 saturated heterocycles. The van der Waals surface area contributed by atoms with Gasteiger partial charge in [-0.3, -0.25) is 4.79 Å². The Morgan fingerprint density at radius 3 is 2.68 bits per heavy atom. The first-order chi connectivity index (χ1) is 10.5. The molecule has 3 heteroatoms. The van der Waals surface area contributed by atoms with Gasteiger partial charge in [0.2, 0.25) is 0 Å². The van der Waals surface area contributed by atoms with Crippen LogP contribution in [0.1, 0.15) is 37.8 Å². The number of benzene rings is 1. The van der Waals surface area contributed by atoms with Crippen molar-refractivity contribution < 1.29 is 14.3 Å². The van der Waals surface area contributed by atoms with Crippen LogP contribution in [0.3, 0.4) is 0 Å². The summed E-state index contributed by atoms with van der Waals surface area (Å²) in [6.45, 7) is 4.23. The first kappa shape index (κ1) is 14.9. The van der Waals surface area contributed by atoms with Gasteiger partial charge in [-0.05, 0) is 60.1 Å². The molecular weight excluding hydrogens is 276 g/mol. The molecule has 0 fully saturated rings. The zero-order valence-electron chi connectivity index (χ0n) is 13.6. The molecule has 116 valence electrons. The number of hydrogen-bond acceptors (Lipinski definition) is 3. The van der Waals surface area contributed by atoms with Crippen LogP contribution in [0, 0.1) is 11.3 Å². The van der Waals surface area contributed by atoms with E-state index in [-0.39, 0.29) is 11.9 Å². The van der Waals surface area contributed by atoms with E-state index in [1.54, 1.807) is 7.11 Å². The molecule has 0 saturated carbocycles. The minimum Gasteiger partial charge on any atom is -0.497 e. The van der Waals surface area contributed by atoms with Crippen LogP contribution >= 0.6 is 0 Å². The molecule has 1 aromatic rings. The second-order valence-corrected chi connectivity index (χ2v) is 6.22. The average molecular weight is 298 g/mol. The maximum atomic E-state index is 12.7. The van der Waals surface area contributed by atoms with Gasteiger partial charge in [-0.15, -0.1) is 0 Å². The van der Waals surface area contributed by atoms with E-state index in [4.69, 9.17) is 9.47 Å². The fourth-order valence-electron chi connectivity index (χ4n) is 3.82. The van der Waals surface area contributed by atoms with Crippen molar-refractivity contribution in [3.63, 3.8) is 0 Å². The summed E-state index contributed by atoms with van der Waals surface area (Å²) in [4.78, 5) is 12.7. The molecule has 3 rings (SSSR count). The highest BCUT2D eigenvalue weighted by Crippen LogP contribution is 2.55. The van der Waals surface area contributed by atoms with Gasteiger partial charge >= 0.3 is 5.97 Å². The van der Waals surface area contributed by atoms with E-state index in [9.17, 15) is 4.79 Å². The highest BCUT2D eigenvalue weighted by atomic mass is 16.5. The van der Waals surface area contributed by atoms with Crippen molar-refractivity contribution in [1.29, 1.82) is 0 Å². The minimum atomic E-state index is -0.576. The van der Waals surface area contributed by atoms with Gasteiger partial charge in [0.05, 0.1) is 19.6 Å². The lowest BCUT2D eigenvalue weighted by molar-refractivity contribution is -0.151. The molecule has 0 aliphatic heterocycles. The molecule has 0 aromatic heterocycles. The molecule has 0 radical (unpaired) electrons. The summed E-state index contributed by atoms with van der Waals surface area (Å²) in [7, 11) is 3.15. The second kappa shape index (κ2) is 5.31. The third-order valence-corrected chi connectivity index (χ3v) is 5.22. The monoisotopic (exact) mass is 298 g/mol. The van der Waals surface area contributed by atoms with Gasteiger partial charge in [-0.1, -0.05) is 25.1 Å². The summed E-state index contributed by atoms with van der Waals surface area (Å²) >= 11 is 0. The van der Waals surface area contributed by atoms with Gasteiger partial charge in [0, 0.05) is 0 Å². The Labute approximate surface area is 131 Å². The molecular formula is C19H22O3. The highest BCUT2D eigenvalue weighted by Gasteiger charge is 2.51. The van der Waals surface area contributed by atoms with Crippen molar-refractivity contribution in [2.45, 2.75) is 26.7 Å². The summed E-state index contributed by atoms with van der Waals surface area (Å²) in [5.41, 5.74) is 3.98. The molecule has 0 spiro atoms. The zero-order chi connectivity index (χ0) is 15.9. The minimum absolute atomic E-state index is 0.136. The smallest absolute Gasteiger partial charge is 0.316 e. The highest BCUT2D eigenvalue weighted by molar-refractivity contribution is 5.99. The number of methoxy groups -OCH3 is 2. The van der Waals surface area contributed by atoms with Crippen LogP contribution in [0.2, 0.25) is 0 Å². The van der Waals surface area contributed by atoms with Gasteiger partial charge in [0.25, 0.3) is 0 Å². The van der Waals surface area contributed by atoms with Crippen LogP contribution < -0.4 is 4.74 Å². The van der Waals surface area contributed by atoms with Crippen LogP contribution in [0.5, 0.6) is 5.75 Å². The Hall–Kier alpha value is -2.03. The third kappa shape index (κ3) is 1.92. The average Bonchev–Trinajstić information content (AvgIpc) is 2.82. The lowest BCUT2D eigenvalue weighted by atomic mass is 9.70. The Bertz CT molecular complexity index is 684. The Morgan fingerprint density at radius 2 is 2.00 bits per heavy atom. The van der Waals surface area contributed by atoms with Crippen molar-refractivity contribution in [1.82, 2.24) is 0 Å². The van der Waals surface area contributed by atoms with E-state index in [1.807, 2.05) is 12.1 Å². The third-order valence-electron chi connectivity index (χ3n) is 5.22. The SMILES string of the molecule is COC(=O)[C@@]12CC=C(C)c3ccc(OC)cc3C1=CC[C@H]2C. The van der Waals surface area contributed by atoms with E-state index < -0.39 is 5.41 Å². The van der Waals surface area contributed by atoms with Crippen LogP contribution in [0.4, 0.5) is 0 Å². The van der Waals surface area contributed by atoms with Gasteiger partial charge < -0.3 is 9.47 Å². The summed E-state index contributed by atoms with van der Waals surface area (Å²) in [5, 5.41) is 0. The topological polar surface area (TPSA) is 35.5 Å². The first-order valence-electron chi connectivity index (χ1n) is 7.69. The predicted octanol–water partition coefficient (Wildman–Crippen LogP) is 4.08. The van der Waals surface area contributed by atoms with Crippen molar-refractivity contribution in [3.8, 4) is 5.75 Å². The number of esters is 1. The van der Waals surface area contributed by atoms with Crippen LogP contribution in [-0.2, 0) is 9.53 Å². The molecule has 3 nitrogen and oxygen atoms in total. The molecule has 22 heavy (non-hydrogen) atoms. The standard InChI is InChI=1S/C19H22O3/c1-12-9-10-19(18(20)22-4)13(2)5-8-17(19)16-11-14(21-3)6-7-15(12)16/h6-9,11,13H,5,10H2,1-4H3/t13-,19-/m1/s1. The van der Waals surface area contributed by atoms with Gasteiger partial charge in [-0.25, -0.2) is 0 Å². The van der Waals surface area contributed by atoms with Gasteiger partial charge in [-0.2, -0.15) is 0 Å². The number of ether oxygens (including phenoxy) is 2. The summed E-state index contributed by atoms with van der Waals surface area (Å²) in [6.07, 6.45) is 5.96. The van der Waals surface area contributed by atoms with Crippen molar-refractivity contribution in [3.05, 3.63) is 41.5 Å². The number of allylic oxidation sites excluding steroid dienone is 3. The molecule has 0 unspecified atom stereocenters. The van der Waals surface area contributed by atoms with Crippen LogP contribution in [0.25, 0.3) is 11.1 Å². The molecule has 2 atom stereocenters. The second-order valence-electron chi connectivity index (χ2n) is 6.22. The summed E-state index contributed by atoms with van der Waals surface area (Å²) in [6, 6.07) is 6.09. The summed E-state index contributed by atoms with van der Waals surface area (Å²) < 4.78 is 10.6. The number of rotatable bonds is 2. The molecule has 2 aliphatic carbocycles. The first-order valence-corrected chi connectivity index (χ1v) is 7.69. The molecule has 0 N–H and O–H groups in total. The van der Waals surface area contributed by atoms with E-state index in [0.717, 1.165) is 23.3 Å². The van der Waals surface area contributed by atoms with E-state index in [2.05, 4.69) is 32.1 Å². The number of carbonyl (C=O) groups excluding carboxylic acids is 1. The zero-order valence-corrected chi connectivity index (χ0v) is 13.6. The van der Waals surface area contributed by atoms with Crippen LogP contribution in [0.15, 0.2) is 30.4 Å². The molecule has 1 aromatic carbocycles. The maximum absolute atomic E-state index is 12.7. The fraction of sp³-hybridized carbons (Fsp3) is 0.421. The Balaban J connectivity index is 2.26. The number of hydrogen-bond donors (Lipinski definition) is 0. The van der Waals surface area contributed by atoms with Gasteiger partial charge in [0.1, 0.15) is 5.75 Å².